The molecular weight excluding hydrogens is 366 g/mol. The summed E-state index contributed by atoms with van der Waals surface area (Å²) in [6, 6.07) is 4.08. The lowest BCUT2D eigenvalue weighted by molar-refractivity contribution is -0.136. The molecule has 1 aromatic heterocycles. The summed E-state index contributed by atoms with van der Waals surface area (Å²) in [6.07, 6.45) is 8.09. The van der Waals surface area contributed by atoms with E-state index < -0.39 is 0 Å². The molecule has 0 saturated carbocycles. The van der Waals surface area contributed by atoms with Crippen molar-refractivity contribution in [3.05, 3.63) is 23.9 Å². The fourth-order valence-corrected chi connectivity index (χ4v) is 5.05. The minimum atomic E-state index is 0.0862. The number of anilines is 1. The van der Waals surface area contributed by atoms with Crippen molar-refractivity contribution in [2.75, 3.05) is 51.6 Å². The van der Waals surface area contributed by atoms with Gasteiger partial charge in [0.05, 0.1) is 5.92 Å². The van der Waals surface area contributed by atoms with Gasteiger partial charge in [0.15, 0.2) is 0 Å². The predicted octanol–water partition coefficient (Wildman–Crippen LogP) is 2.06. The van der Waals surface area contributed by atoms with Gasteiger partial charge in [-0.05, 0) is 57.2 Å². The number of piperidine rings is 2. The Bertz CT molecular complexity index is 726. The lowest BCUT2D eigenvalue weighted by Crippen LogP contribution is -2.51. The van der Waals surface area contributed by atoms with Gasteiger partial charge in [-0.15, -0.1) is 0 Å². The monoisotopic (exact) mass is 399 g/mol. The number of rotatable bonds is 4. The van der Waals surface area contributed by atoms with E-state index in [2.05, 4.69) is 20.1 Å². The van der Waals surface area contributed by atoms with Crippen LogP contribution >= 0.6 is 0 Å². The van der Waals surface area contributed by atoms with Crippen molar-refractivity contribution in [2.24, 2.45) is 5.92 Å². The molecule has 4 heterocycles. The fraction of sp³-hybridized carbons (Fsp3) is 0.682. The van der Waals surface area contributed by atoms with Crippen molar-refractivity contribution >= 4 is 17.6 Å². The van der Waals surface area contributed by atoms with Crippen molar-refractivity contribution in [3.63, 3.8) is 0 Å². The zero-order chi connectivity index (χ0) is 20.2. The van der Waals surface area contributed by atoms with Crippen molar-refractivity contribution in [1.29, 1.82) is 0 Å². The number of nitrogens with one attached hydrogen (secondary N) is 1. The zero-order valence-corrected chi connectivity index (χ0v) is 17.5. The zero-order valence-electron chi connectivity index (χ0n) is 17.5. The number of hydrogen-bond donors (Lipinski definition) is 1. The number of carbonyl (C=O) groups excluding carboxylic acids is 2. The Morgan fingerprint density at radius 3 is 2.48 bits per heavy atom. The van der Waals surface area contributed by atoms with Crippen molar-refractivity contribution in [2.45, 2.75) is 44.6 Å². The molecule has 29 heavy (non-hydrogen) atoms. The number of likely N-dealkylation sites (tertiary alicyclic amines) is 3. The molecule has 0 spiro atoms. The van der Waals surface area contributed by atoms with E-state index in [4.69, 9.17) is 0 Å². The average molecular weight is 400 g/mol. The highest BCUT2D eigenvalue weighted by Gasteiger charge is 2.34. The van der Waals surface area contributed by atoms with Gasteiger partial charge >= 0.3 is 0 Å². The molecule has 0 radical (unpaired) electrons. The van der Waals surface area contributed by atoms with Crippen LogP contribution in [0.1, 0.15) is 48.9 Å². The summed E-state index contributed by atoms with van der Waals surface area (Å²) in [6.45, 7) is 5.42. The first-order valence-corrected chi connectivity index (χ1v) is 11.1. The van der Waals surface area contributed by atoms with Gasteiger partial charge in [0.1, 0.15) is 5.82 Å². The average Bonchev–Trinajstić information content (AvgIpc) is 3.33. The van der Waals surface area contributed by atoms with E-state index in [1.165, 1.54) is 0 Å². The quantitative estimate of drug-likeness (QED) is 0.839. The van der Waals surface area contributed by atoms with Crippen LogP contribution in [-0.2, 0) is 4.79 Å². The Morgan fingerprint density at radius 1 is 1.00 bits per heavy atom. The molecule has 4 rings (SSSR count). The summed E-state index contributed by atoms with van der Waals surface area (Å²) in [7, 11) is 1.81. The number of pyridine rings is 1. The molecule has 158 valence electrons. The summed E-state index contributed by atoms with van der Waals surface area (Å²) in [5.41, 5.74) is 0.692. The predicted molar refractivity (Wildman–Crippen MR) is 113 cm³/mol. The highest BCUT2D eigenvalue weighted by molar-refractivity contribution is 5.94. The normalized spacial score (nSPS) is 24.0. The lowest BCUT2D eigenvalue weighted by atomic mass is 9.92. The SMILES string of the molecule is CNc1cc(C(=O)N2CCC(N3CCC[C@@H](C(=O)N4CCCC4)C3)CC2)ccn1. The van der Waals surface area contributed by atoms with Crippen molar-refractivity contribution in [3.8, 4) is 0 Å². The molecule has 1 N–H and O–H groups in total. The molecule has 7 nitrogen and oxygen atoms in total. The largest absolute Gasteiger partial charge is 0.373 e. The molecule has 2 amide bonds. The summed E-state index contributed by atoms with van der Waals surface area (Å²) in [5, 5.41) is 2.99. The van der Waals surface area contributed by atoms with Crippen LogP contribution in [0.5, 0.6) is 0 Å². The van der Waals surface area contributed by atoms with Gasteiger partial charge in [0.25, 0.3) is 5.91 Å². The molecule has 0 bridgehead atoms. The van der Waals surface area contributed by atoms with E-state index in [1.807, 2.05) is 18.0 Å². The lowest BCUT2D eigenvalue weighted by Gasteiger charge is -2.42. The maximum absolute atomic E-state index is 12.8. The molecular formula is C22H33N5O2. The van der Waals surface area contributed by atoms with Gasteiger partial charge in [0, 0.05) is 57.6 Å². The maximum Gasteiger partial charge on any atom is 0.254 e. The van der Waals surface area contributed by atoms with Crippen LogP contribution < -0.4 is 5.32 Å². The highest BCUT2D eigenvalue weighted by Crippen LogP contribution is 2.26. The number of hydrogen-bond acceptors (Lipinski definition) is 5. The Hall–Kier alpha value is -2.15. The smallest absolute Gasteiger partial charge is 0.254 e. The molecule has 0 unspecified atom stereocenters. The Kier molecular flexibility index (Phi) is 6.33. The van der Waals surface area contributed by atoms with Gasteiger partial charge in [0.2, 0.25) is 5.91 Å². The molecule has 1 aromatic rings. The molecule has 3 aliphatic heterocycles. The van der Waals surface area contributed by atoms with Gasteiger partial charge in [-0.1, -0.05) is 0 Å². The summed E-state index contributed by atoms with van der Waals surface area (Å²) < 4.78 is 0. The number of nitrogens with zero attached hydrogens (tertiary/aromatic N) is 4. The van der Waals surface area contributed by atoms with Gasteiger partial charge in [-0.3, -0.25) is 14.5 Å². The second-order valence-corrected chi connectivity index (χ2v) is 8.57. The van der Waals surface area contributed by atoms with E-state index in [9.17, 15) is 9.59 Å². The third kappa shape index (κ3) is 4.55. The van der Waals surface area contributed by atoms with Crippen LogP contribution in [0.15, 0.2) is 18.3 Å². The van der Waals surface area contributed by atoms with Crippen molar-refractivity contribution in [1.82, 2.24) is 19.7 Å². The first-order chi connectivity index (χ1) is 14.2. The van der Waals surface area contributed by atoms with E-state index in [-0.39, 0.29) is 11.8 Å². The van der Waals surface area contributed by atoms with Crippen LogP contribution in [0.3, 0.4) is 0 Å². The second-order valence-electron chi connectivity index (χ2n) is 8.57. The molecule has 7 heteroatoms. The topological polar surface area (TPSA) is 68.8 Å². The van der Waals surface area contributed by atoms with E-state index in [0.717, 1.165) is 77.8 Å². The summed E-state index contributed by atoms with van der Waals surface area (Å²) in [5.74, 6) is 1.34. The third-order valence-electron chi connectivity index (χ3n) is 6.75. The fourth-order valence-electron chi connectivity index (χ4n) is 5.05. The van der Waals surface area contributed by atoms with E-state index >= 15 is 0 Å². The molecule has 0 aromatic carbocycles. The van der Waals surface area contributed by atoms with Gasteiger partial charge in [-0.25, -0.2) is 4.98 Å². The molecule has 3 aliphatic rings. The Morgan fingerprint density at radius 2 is 1.76 bits per heavy atom. The van der Waals surface area contributed by atoms with Gasteiger partial charge in [-0.2, -0.15) is 0 Å². The number of carbonyl (C=O) groups is 2. The first-order valence-electron chi connectivity index (χ1n) is 11.1. The summed E-state index contributed by atoms with van der Waals surface area (Å²) in [4.78, 5) is 36.4. The molecule has 3 saturated heterocycles. The van der Waals surface area contributed by atoms with Crippen LogP contribution in [0.4, 0.5) is 5.82 Å². The standard InChI is InChI=1S/C22H33N5O2/c1-23-20-15-17(6-9-24-20)21(28)26-13-7-19(8-14-26)27-12-4-5-18(16-27)22(29)25-10-2-3-11-25/h6,9,15,18-19H,2-5,7-8,10-14,16H2,1H3,(H,23,24)/t18-/m1/s1. The third-order valence-corrected chi connectivity index (χ3v) is 6.75. The molecule has 0 aliphatic carbocycles. The van der Waals surface area contributed by atoms with Crippen LogP contribution in [-0.4, -0.2) is 83.9 Å². The second kappa shape index (κ2) is 9.11. The molecule has 1 atom stereocenters. The minimum absolute atomic E-state index is 0.0862. The molecule has 3 fully saturated rings. The first kappa shape index (κ1) is 20.1. The van der Waals surface area contributed by atoms with Crippen LogP contribution in [0, 0.1) is 5.92 Å². The summed E-state index contributed by atoms with van der Waals surface area (Å²) >= 11 is 0. The van der Waals surface area contributed by atoms with E-state index in [1.54, 1.807) is 12.3 Å². The van der Waals surface area contributed by atoms with Crippen LogP contribution in [0.2, 0.25) is 0 Å². The minimum Gasteiger partial charge on any atom is -0.373 e. The van der Waals surface area contributed by atoms with Crippen LogP contribution in [0.25, 0.3) is 0 Å². The Balaban J connectivity index is 1.30. The maximum atomic E-state index is 12.8. The van der Waals surface area contributed by atoms with Gasteiger partial charge < -0.3 is 15.1 Å². The number of aromatic nitrogens is 1. The van der Waals surface area contributed by atoms with E-state index in [0.29, 0.717) is 23.3 Å². The number of amides is 2. The highest BCUT2D eigenvalue weighted by atomic mass is 16.2. The Labute approximate surface area is 173 Å². The van der Waals surface area contributed by atoms with Crippen molar-refractivity contribution < 1.29 is 9.59 Å².